The van der Waals surface area contributed by atoms with E-state index in [1.807, 2.05) is 19.1 Å². The number of hydrogen-bond donors (Lipinski definition) is 1. The van der Waals surface area contributed by atoms with Crippen molar-refractivity contribution >= 4 is 21.6 Å². The van der Waals surface area contributed by atoms with Gasteiger partial charge in [-0.3, -0.25) is 4.79 Å². The highest BCUT2D eigenvalue weighted by Gasteiger charge is 2.09. The van der Waals surface area contributed by atoms with Crippen molar-refractivity contribution in [2.45, 2.75) is 19.9 Å². The topological polar surface area (TPSA) is 69.0 Å². The smallest absolute Gasteiger partial charge is 0.282 e. The predicted octanol–water partition coefficient (Wildman–Crippen LogP) is 2.34. The summed E-state index contributed by atoms with van der Waals surface area (Å²) in [5.41, 5.74) is 1.38. The molecule has 0 aliphatic rings. The number of nitrogens with zero attached hydrogens (tertiary/aromatic N) is 3. The zero-order valence-electron chi connectivity index (χ0n) is 12.0. The molecule has 1 N–H and O–H groups in total. The number of aromatic nitrogens is 3. The molecule has 2 heterocycles. The standard InChI is InChI=1S/C14H17BrN4O2/c1-3-7-21-13-10(5-4-6-16-13)8-17-11-9-18-19(2)14(20)12(11)15/h4-6,9,17H,3,7-8H2,1-2H3. The highest BCUT2D eigenvalue weighted by Crippen LogP contribution is 2.20. The lowest BCUT2D eigenvalue weighted by Crippen LogP contribution is -2.21. The van der Waals surface area contributed by atoms with Gasteiger partial charge in [-0.2, -0.15) is 5.10 Å². The van der Waals surface area contributed by atoms with Gasteiger partial charge in [-0.25, -0.2) is 9.67 Å². The summed E-state index contributed by atoms with van der Waals surface area (Å²) in [4.78, 5) is 16.0. The maximum atomic E-state index is 11.8. The number of halogens is 1. The first-order valence-corrected chi connectivity index (χ1v) is 7.45. The monoisotopic (exact) mass is 352 g/mol. The van der Waals surface area contributed by atoms with Crippen LogP contribution in [0.2, 0.25) is 0 Å². The van der Waals surface area contributed by atoms with E-state index >= 15 is 0 Å². The summed E-state index contributed by atoms with van der Waals surface area (Å²) in [5.74, 6) is 0.611. The Bertz CT molecular complexity index is 672. The number of nitrogens with one attached hydrogen (secondary N) is 1. The van der Waals surface area contributed by atoms with Crippen molar-refractivity contribution in [3.63, 3.8) is 0 Å². The van der Waals surface area contributed by atoms with E-state index in [0.717, 1.165) is 12.0 Å². The normalized spacial score (nSPS) is 10.4. The molecule has 0 aliphatic heterocycles. The summed E-state index contributed by atoms with van der Waals surface area (Å²) < 4.78 is 7.33. The Kier molecular flexibility index (Phi) is 5.32. The van der Waals surface area contributed by atoms with E-state index in [2.05, 4.69) is 31.3 Å². The van der Waals surface area contributed by atoms with Gasteiger partial charge < -0.3 is 10.1 Å². The SMILES string of the molecule is CCCOc1ncccc1CNc1cnn(C)c(=O)c1Br. The van der Waals surface area contributed by atoms with E-state index in [1.54, 1.807) is 19.4 Å². The summed E-state index contributed by atoms with van der Waals surface area (Å²) in [6.45, 7) is 3.17. The molecule has 21 heavy (non-hydrogen) atoms. The molecule has 0 aliphatic carbocycles. The Morgan fingerprint density at radius 2 is 2.29 bits per heavy atom. The molecular formula is C14H17BrN4O2. The highest BCUT2D eigenvalue weighted by atomic mass is 79.9. The molecule has 0 radical (unpaired) electrons. The van der Waals surface area contributed by atoms with Crippen LogP contribution in [0.1, 0.15) is 18.9 Å². The second kappa shape index (κ2) is 7.21. The van der Waals surface area contributed by atoms with Crippen LogP contribution in [0.5, 0.6) is 5.88 Å². The van der Waals surface area contributed by atoms with E-state index in [9.17, 15) is 4.79 Å². The van der Waals surface area contributed by atoms with Crippen molar-refractivity contribution in [3.05, 3.63) is 44.9 Å². The largest absolute Gasteiger partial charge is 0.477 e. The molecule has 2 aromatic heterocycles. The van der Waals surface area contributed by atoms with Crippen molar-refractivity contribution in [3.8, 4) is 5.88 Å². The third-order valence-electron chi connectivity index (χ3n) is 2.84. The molecule has 0 aromatic carbocycles. The first kappa shape index (κ1) is 15.5. The first-order valence-electron chi connectivity index (χ1n) is 6.65. The number of aryl methyl sites for hydroxylation is 1. The molecule has 112 valence electrons. The molecule has 0 saturated carbocycles. The molecule has 0 fully saturated rings. The van der Waals surface area contributed by atoms with Gasteiger partial charge in [0.2, 0.25) is 5.88 Å². The minimum absolute atomic E-state index is 0.186. The van der Waals surface area contributed by atoms with Crippen molar-refractivity contribution < 1.29 is 4.74 Å². The van der Waals surface area contributed by atoms with Gasteiger partial charge in [-0.15, -0.1) is 0 Å². The molecule has 7 heteroatoms. The van der Waals surface area contributed by atoms with Gasteiger partial charge in [0, 0.05) is 25.4 Å². The minimum atomic E-state index is -0.186. The first-order chi connectivity index (χ1) is 10.1. The zero-order chi connectivity index (χ0) is 15.2. The molecule has 2 aromatic rings. The minimum Gasteiger partial charge on any atom is -0.477 e. The lowest BCUT2D eigenvalue weighted by atomic mass is 10.2. The lowest BCUT2D eigenvalue weighted by Gasteiger charge is -2.12. The van der Waals surface area contributed by atoms with Gasteiger partial charge in [0.15, 0.2) is 0 Å². The molecule has 0 spiro atoms. The van der Waals surface area contributed by atoms with Crippen molar-refractivity contribution in [2.75, 3.05) is 11.9 Å². The zero-order valence-corrected chi connectivity index (χ0v) is 13.6. The molecule has 0 amide bonds. The maximum Gasteiger partial charge on any atom is 0.282 e. The Morgan fingerprint density at radius 1 is 1.48 bits per heavy atom. The molecule has 0 saturated heterocycles. The summed E-state index contributed by atoms with van der Waals surface area (Å²) in [6.07, 6.45) is 4.23. The van der Waals surface area contributed by atoms with Crippen LogP contribution in [-0.2, 0) is 13.6 Å². The van der Waals surface area contributed by atoms with Crippen molar-refractivity contribution in [1.82, 2.24) is 14.8 Å². The number of pyridine rings is 1. The Balaban J connectivity index is 2.13. The van der Waals surface area contributed by atoms with Crippen LogP contribution in [0.4, 0.5) is 5.69 Å². The van der Waals surface area contributed by atoms with Gasteiger partial charge in [-0.1, -0.05) is 13.0 Å². The quantitative estimate of drug-likeness (QED) is 0.863. The molecule has 2 rings (SSSR count). The second-order valence-corrected chi connectivity index (χ2v) is 5.26. The van der Waals surface area contributed by atoms with E-state index in [4.69, 9.17) is 4.74 Å². The van der Waals surface area contributed by atoms with Gasteiger partial charge >= 0.3 is 0 Å². The van der Waals surface area contributed by atoms with Gasteiger partial charge in [-0.05, 0) is 28.4 Å². The average Bonchev–Trinajstić information content (AvgIpc) is 2.51. The lowest BCUT2D eigenvalue weighted by molar-refractivity contribution is 0.302. The average molecular weight is 353 g/mol. The number of ether oxygens (including phenoxy) is 1. The van der Waals surface area contributed by atoms with Crippen LogP contribution in [0.15, 0.2) is 33.8 Å². The number of rotatable bonds is 6. The van der Waals surface area contributed by atoms with Crippen LogP contribution in [0, 0.1) is 0 Å². The molecule has 0 atom stereocenters. The fourth-order valence-electron chi connectivity index (χ4n) is 1.71. The molecule has 0 unspecified atom stereocenters. The van der Waals surface area contributed by atoms with E-state index < -0.39 is 0 Å². The van der Waals surface area contributed by atoms with Crippen molar-refractivity contribution in [1.29, 1.82) is 0 Å². The number of hydrogen-bond acceptors (Lipinski definition) is 5. The molecule has 6 nitrogen and oxygen atoms in total. The predicted molar refractivity (Wildman–Crippen MR) is 84.5 cm³/mol. The van der Waals surface area contributed by atoms with E-state index in [1.165, 1.54) is 4.68 Å². The summed E-state index contributed by atoms with van der Waals surface area (Å²) in [7, 11) is 1.61. The molecule has 0 bridgehead atoms. The van der Waals surface area contributed by atoms with Crippen LogP contribution < -0.4 is 15.6 Å². The fraction of sp³-hybridized carbons (Fsp3) is 0.357. The maximum absolute atomic E-state index is 11.8. The van der Waals surface area contributed by atoms with E-state index in [0.29, 0.717) is 29.2 Å². The van der Waals surface area contributed by atoms with Gasteiger partial charge in [0.25, 0.3) is 5.56 Å². The van der Waals surface area contributed by atoms with Gasteiger partial charge in [0.1, 0.15) is 4.47 Å². The third-order valence-corrected chi connectivity index (χ3v) is 3.61. The van der Waals surface area contributed by atoms with Crippen LogP contribution in [-0.4, -0.2) is 21.4 Å². The summed E-state index contributed by atoms with van der Waals surface area (Å²) in [6, 6.07) is 3.79. The summed E-state index contributed by atoms with van der Waals surface area (Å²) >= 11 is 3.28. The number of anilines is 1. The molecular weight excluding hydrogens is 336 g/mol. The van der Waals surface area contributed by atoms with E-state index in [-0.39, 0.29) is 5.56 Å². The van der Waals surface area contributed by atoms with Crippen LogP contribution in [0.3, 0.4) is 0 Å². The Morgan fingerprint density at radius 3 is 3.05 bits per heavy atom. The summed E-state index contributed by atoms with van der Waals surface area (Å²) in [5, 5.41) is 7.16. The Labute approximate surface area is 131 Å². The fourth-order valence-corrected chi connectivity index (χ4v) is 2.21. The second-order valence-electron chi connectivity index (χ2n) is 4.47. The highest BCUT2D eigenvalue weighted by molar-refractivity contribution is 9.10. The van der Waals surface area contributed by atoms with Crippen molar-refractivity contribution in [2.24, 2.45) is 7.05 Å². The Hall–Kier alpha value is -1.89. The third kappa shape index (κ3) is 3.81. The van der Waals surface area contributed by atoms with Crippen LogP contribution in [0.25, 0.3) is 0 Å². The van der Waals surface area contributed by atoms with Gasteiger partial charge in [0.05, 0.1) is 18.5 Å². The van der Waals surface area contributed by atoms with Crippen LogP contribution >= 0.6 is 15.9 Å².